The number of para-hydroxylation sites is 1. The van der Waals surface area contributed by atoms with E-state index in [1.165, 1.54) is 12.1 Å². The molecule has 0 aliphatic carbocycles. The van der Waals surface area contributed by atoms with Gasteiger partial charge in [0.15, 0.2) is 5.75 Å². The molecule has 0 spiro atoms. The van der Waals surface area contributed by atoms with Crippen LogP contribution < -0.4 is 61.4 Å². The van der Waals surface area contributed by atoms with Crippen molar-refractivity contribution in [1.82, 2.24) is 0 Å². The van der Waals surface area contributed by atoms with Gasteiger partial charge in [-0.3, -0.25) is 0 Å². The molecule has 0 radical (unpaired) electrons. The molecule has 0 aromatic heterocycles. The predicted molar refractivity (Wildman–Crippen MR) is 43.0 cm³/mol. The summed E-state index contributed by atoms with van der Waals surface area (Å²) in [5.74, 6) is -1.13. The molecule has 5 heteroatoms. The first-order valence-electron chi connectivity index (χ1n) is 3.85. The molecule has 0 heterocycles. The number of aromatic carboxylic acids is 1. The largest absolute Gasteiger partial charge is 1.00 e. The van der Waals surface area contributed by atoms with Crippen LogP contribution in [0, 0.1) is 0 Å². The molecule has 0 atom stereocenters. The molecule has 14 heavy (non-hydrogen) atoms. The number of carboxylic acids is 1. The van der Waals surface area contributed by atoms with E-state index in [0.29, 0.717) is 6.61 Å². The number of rotatable bonds is 4. The van der Waals surface area contributed by atoms with Crippen LogP contribution in [-0.2, 0) is 4.89 Å². The third kappa shape index (κ3) is 4.08. The van der Waals surface area contributed by atoms with Crippen LogP contribution in [0.5, 0.6) is 5.75 Å². The first-order valence-corrected chi connectivity index (χ1v) is 3.85. The van der Waals surface area contributed by atoms with Crippen molar-refractivity contribution in [2.75, 3.05) is 6.61 Å². The fourth-order valence-corrected chi connectivity index (χ4v) is 0.830. The Labute approximate surface area is 125 Å². The Morgan fingerprint density at radius 1 is 1.43 bits per heavy atom. The molecule has 0 aliphatic rings. The van der Waals surface area contributed by atoms with Gasteiger partial charge in [0.1, 0.15) is 0 Å². The molecule has 1 aromatic carbocycles. The van der Waals surface area contributed by atoms with Gasteiger partial charge in [-0.1, -0.05) is 12.1 Å². The Morgan fingerprint density at radius 2 is 2.07 bits per heavy atom. The minimum atomic E-state index is -1.28. The standard InChI is InChI=1S/C9H10O4.K/c1-2-12-13-8-6-4-3-5-7(8)9(10)11;/h3-6H,2H2,1H3,(H,10,11);/q;+1/p-1. The van der Waals surface area contributed by atoms with Crippen LogP contribution in [0.1, 0.15) is 17.3 Å². The molecule has 0 bridgehead atoms. The van der Waals surface area contributed by atoms with E-state index < -0.39 is 5.97 Å². The second-order valence-electron chi connectivity index (χ2n) is 2.27. The van der Waals surface area contributed by atoms with E-state index in [9.17, 15) is 9.90 Å². The molecule has 0 fully saturated rings. The van der Waals surface area contributed by atoms with E-state index in [1.807, 2.05) is 0 Å². The summed E-state index contributed by atoms with van der Waals surface area (Å²) in [4.78, 5) is 19.9. The maximum Gasteiger partial charge on any atom is 1.00 e. The van der Waals surface area contributed by atoms with Crippen molar-refractivity contribution in [2.24, 2.45) is 0 Å². The molecule has 0 saturated heterocycles. The van der Waals surface area contributed by atoms with Crippen molar-refractivity contribution < 1.29 is 71.1 Å². The summed E-state index contributed by atoms with van der Waals surface area (Å²) in [5.41, 5.74) is -0.0176. The Balaban J connectivity index is 0.00000169. The topological polar surface area (TPSA) is 58.6 Å². The van der Waals surface area contributed by atoms with E-state index in [0.717, 1.165) is 0 Å². The van der Waals surface area contributed by atoms with Crippen molar-refractivity contribution in [1.29, 1.82) is 0 Å². The minimum absolute atomic E-state index is 0. The first kappa shape index (κ1) is 14.1. The van der Waals surface area contributed by atoms with Crippen LogP contribution in [0.25, 0.3) is 0 Å². The summed E-state index contributed by atoms with van der Waals surface area (Å²) in [6.07, 6.45) is 0. The predicted octanol–water partition coefficient (Wildman–Crippen LogP) is -2.62. The summed E-state index contributed by atoms with van der Waals surface area (Å²) >= 11 is 0. The fraction of sp³-hybridized carbons (Fsp3) is 0.222. The van der Waals surface area contributed by atoms with Gasteiger partial charge in [0.25, 0.3) is 0 Å². The van der Waals surface area contributed by atoms with Gasteiger partial charge >= 0.3 is 51.4 Å². The van der Waals surface area contributed by atoms with Crippen LogP contribution in [0.2, 0.25) is 0 Å². The third-order valence-corrected chi connectivity index (χ3v) is 1.37. The van der Waals surface area contributed by atoms with Crippen LogP contribution in [0.3, 0.4) is 0 Å². The Bertz CT molecular complexity index is 301. The summed E-state index contributed by atoms with van der Waals surface area (Å²) in [7, 11) is 0. The Hall–Kier alpha value is 0.0864. The zero-order valence-corrected chi connectivity index (χ0v) is 11.3. The normalized spacial score (nSPS) is 8.93. The monoisotopic (exact) mass is 220 g/mol. The molecule has 4 nitrogen and oxygen atoms in total. The van der Waals surface area contributed by atoms with Gasteiger partial charge in [0, 0.05) is 5.56 Å². The molecule has 0 amide bonds. The van der Waals surface area contributed by atoms with E-state index in [4.69, 9.17) is 4.89 Å². The maximum absolute atomic E-state index is 10.5. The molecule has 1 rings (SSSR count). The summed E-state index contributed by atoms with van der Waals surface area (Å²) < 4.78 is 0. The smallest absolute Gasteiger partial charge is 0.545 e. The molecule has 70 valence electrons. The van der Waals surface area contributed by atoms with Crippen LogP contribution in [-0.4, -0.2) is 12.6 Å². The van der Waals surface area contributed by atoms with E-state index >= 15 is 0 Å². The minimum Gasteiger partial charge on any atom is -0.545 e. The van der Waals surface area contributed by atoms with Gasteiger partial charge in [0.05, 0.1) is 12.6 Å². The van der Waals surface area contributed by atoms with Crippen molar-refractivity contribution in [3.8, 4) is 5.75 Å². The number of carbonyl (C=O) groups is 1. The number of carbonyl (C=O) groups excluding carboxylic acids is 1. The SMILES string of the molecule is CCOOc1ccccc1C(=O)[O-].[K+]. The third-order valence-electron chi connectivity index (χ3n) is 1.37. The molecule has 0 aliphatic heterocycles. The van der Waals surface area contributed by atoms with Crippen molar-refractivity contribution >= 4 is 5.97 Å². The second kappa shape index (κ2) is 7.39. The van der Waals surface area contributed by atoms with Crippen molar-refractivity contribution in [3.05, 3.63) is 29.8 Å². The van der Waals surface area contributed by atoms with Gasteiger partial charge in [-0.2, -0.15) is 4.89 Å². The molecule has 0 unspecified atom stereocenters. The number of hydrogen-bond donors (Lipinski definition) is 0. The van der Waals surface area contributed by atoms with Gasteiger partial charge in [0.2, 0.25) is 0 Å². The first-order chi connectivity index (χ1) is 6.25. The average Bonchev–Trinajstić information content (AvgIpc) is 2.15. The summed E-state index contributed by atoms with van der Waals surface area (Å²) in [5, 5.41) is 10.5. The number of carboxylic acid groups (broad SMARTS) is 1. The number of benzene rings is 1. The van der Waals surface area contributed by atoms with E-state index in [-0.39, 0.29) is 62.7 Å². The Kier molecular flexibility index (Phi) is 7.43. The summed E-state index contributed by atoms with van der Waals surface area (Å²) in [6, 6.07) is 6.13. The summed E-state index contributed by atoms with van der Waals surface area (Å²) in [6.45, 7) is 2.09. The van der Waals surface area contributed by atoms with Crippen LogP contribution in [0.4, 0.5) is 0 Å². The zero-order valence-electron chi connectivity index (χ0n) is 8.15. The molecule has 1 aromatic rings. The number of hydrogen-bond acceptors (Lipinski definition) is 4. The second-order valence-corrected chi connectivity index (χ2v) is 2.27. The van der Waals surface area contributed by atoms with Gasteiger partial charge in [-0.15, -0.1) is 0 Å². The molecular weight excluding hydrogens is 211 g/mol. The maximum atomic E-state index is 10.5. The van der Waals surface area contributed by atoms with Gasteiger partial charge in [-0.05, 0) is 19.1 Å². The van der Waals surface area contributed by atoms with Gasteiger partial charge in [-0.25, -0.2) is 0 Å². The van der Waals surface area contributed by atoms with Crippen molar-refractivity contribution in [3.63, 3.8) is 0 Å². The fourth-order valence-electron chi connectivity index (χ4n) is 0.830. The van der Waals surface area contributed by atoms with Crippen LogP contribution >= 0.6 is 0 Å². The zero-order chi connectivity index (χ0) is 9.68. The molecule has 0 saturated carbocycles. The van der Waals surface area contributed by atoms with E-state index in [2.05, 4.69) is 4.89 Å². The van der Waals surface area contributed by atoms with Gasteiger partial charge < -0.3 is 14.8 Å². The quantitative estimate of drug-likeness (QED) is 0.317. The average molecular weight is 220 g/mol. The van der Waals surface area contributed by atoms with Crippen molar-refractivity contribution in [2.45, 2.75) is 6.92 Å². The molecule has 0 N–H and O–H groups in total. The Morgan fingerprint density at radius 3 is 2.64 bits per heavy atom. The molecular formula is C9H9KO4. The van der Waals surface area contributed by atoms with Crippen LogP contribution in [0.15, 0.2) is 24.3 Å². The van der Waals surface area contributed by atoms with E-state index in [1.54, 1.807) is 19.1 Å².